The Morgan fingerprint density at radius 3 is 2.67 bits per heavy atom. The highest BCUT2D eigenvalue weighted by atomic mass is 79.9. The number of carbonyl (C=O) groups is 1. The van der Waals surface area contributed by atoms with E-state index in [1.807, 2.05) is 18.3 Å². The number of nitrogens with two attached hydrogens (primary N) is 1. The fourth-order valence-electron chi connectivity index (χ4n) is 3.77. The molecule has 0 aliphatic carbocycles. The van der Waals surface area contributed by atoms with Gasteiger partial charge in [-0.05, 0) is 48.4 Å². The van der Waals surface area contributed by atoms with E-state index in [1.165, 1.54) is 0 Å². The molecule has 1 aliphatic rings. The van der Waals surface area contributed by atoms with Gasteiger partial charge in [-0.15, -0.1) is 11.6 Å². The largest absolute Gasteiger partial charge is 0.369 e. The number of carbonyl (C=O) groups excluding carboxylic acids is 1. The standard InChI is InChI=1S/C18H23BrClN3O3S/c19-14-8-13(9-17(21)24)18-15(10-14)16(11-22-18)12-2-5-23(6-3-12)27(25,26)7-1-4-20/h8,10-12,22H,1-7,9H2,(H2,21,24). The van der Waals surface area contributed by atoms with Crippen molar-refractivity contribution in [3.63, 3.8) is 0 Å². The number of benzene rings is 1. The van der Waals surface area contributed by atoms with Crippen LogP contribution in [0.5, 0.6) is 0 Å². The van der Waals surface area contributed by atoms with Gasteiger partial charge < -0.3 is 10.7 Å². The average molecular weight is 477 g/mol. The van der Waals surface area contributed by atoms with Gasteiger partial charge in [0.15, 0.2) is 0 Å². The predicted octanol–water partition coefficient (Wildman–Crippen LogP) is 3.10. The van der Waals surface area contributed by atoms with Gasteiger partial charge >= 0.3 is 0 Å². The van der Waals surface area contributed by atoms with Gasteiger partial charge in [0, 0.05) is 40.5 Å². The Bertz CT molecular complexity index is 937. The van der Waals surface area contributed by atoms with Crippen LogP contribution in [0.4, 0.5) is 0 Å². The van der Waals surface area contributed by atoms with Gasteiger partial charge in [-0.1, -0.05) is 15.9 Å². The number of halogens is 2. The van der Waals surface area contributed by atoms with Crippen molar-refractivity contribution in [2.24, 2.45) is 5.73 Å². The van der Waals surface area contributed by atoms with Crippen LogP contribution in [-0.2, 0) is 21.2 Å². The van der Waals surface area contributed by atoms with Crippen LogP contribution in [0.15, 0.2) is 22.8 Å². The molecule has 0 radical (unpaired) electrons. The topological polar surface area (TPSA) is 96.3 Å². The highest BCUT2D eigenvalue weighted by Gasteiger charge is 2.29. The molecule has 0 saturated carbocycles. The van der Waals surface area contributed by atoms with Crippen LogP contribution in [0.25, 0.3) is 10.9 Å². The molecule has 2 aromatic rings. The fraction of sp³-hybridized carbons (Fsp3) is 0.500. The minimum absolute atomic E-state index is 0.109. The van der Waals surface area contributed by atoms with Crippen molar-refractivity contribution in [1.82, 2.24) is 9.29 Å². The van der Waals surface area contributed by atoms with Crippen LogP contribution < -0.4 is 5.73 Å². The first-order chi connectivity index (χ1) is 12.8. The third-order valence-electron chi connectivity index (χ3n) is 5.06. The number of rotatable bonds is 7. The molecule has 0 spiro atoms. The third-order valence-corrected chi connectivity index (χ3v) is 7.74. The van der Waals surface area contributed by atoms with Crippen molar-refractivity contribution in [1.29, 1.82) is 0 Å². The van der Waals surface area contributed by atoms with Crippen molar-refractivity contribution in [3.8, 4) is 0 Å². The molecule has 9 heteroatoms. The Labute approximate surface area is 172 Å². The van der Waals surface area contributed by atoms with E-state index in [0.29, 0.717) is 25.4 Å². The van der Waals surface area contributed by atoms with E-state index < -0.39 is 10.0 Å². The second-order valence-corrected chi connectivity index (χ2v) is 10.3. The highest BCUT2D eigenvalue weighted by molar-refractivity contribution is 9.10. The molecule has 6 nitrogen and oxygen atoms in total. The molecule has 0 atom stereocenters. The van der Waals surface area contributed by atoms with Crippen molar-refractivity contribution in [2.45, 2.75) is 31.6 Å². The summed E-state index contributed by atoms with van der Waals surface area (Å²) in [4.78, 5) is 14.6. The van der Waals surface area contributed by atoms with E-state index >= 15 is 0 Å². The molecule has 1 aliphatic heterocycles. The SMILES string of the molecule is NC(=O)Cc1cc(Br)cc2c(C3CCN(S(=O)(=O)CCCCl)CC3)c[nH]c12. The van der Waals surface area contributed by atoms with Crippen LogP contribution in [0.3, 0.4) is 0 Å². The van der Waals surface area contributed by atoms with Crippen molar-refractivity contribution in [2.75, 3.05) is 24.7 Å². The number of nitrogens with zero attached hydrogens (tertiary/aromatic N) is 1. The zero-order valence-corrected chi connectivity index (χ0v) is 18.0. The monoisotopic (exact) mass is 475 g/mol. The Morgan fingerprint density at radius 2 is 2.04 bits per heavy atom. The fourth-order valence-corrected chi connectivity index (χ4v) is 6.10. The summed E-state index contributed by atoms with van der Waals surface area (Å²) in [5.41, 5.74) is 8.31. The Morgan fingerprint density at radius 1 is 1.33 bits per heavy atom. The molecule has 0 unspecified atom stereocenters. The summed E-state index contributed by atoms with van der Waals surface area (Å²) in [6, 6.07) is 3.94. The molecule has 3 rings (SSSR count). The number of amides is 1. The minimum atomic E-state index is -3.22. The molecule has 1 aromatic heterocycles. The Balaban J connectivity index is 1.80. The Kier molecular flexibility index (Phi) is 6.50. The number of sulfonamides is 1. The maximum Gasteiger partial charge on any atom is 0.221 e. The molecule has 3 N–H and O–H groups in total. The molecule has 1 fully saturated rings. The number of piperidine rings is 1. The lowest BCUT2D eigenvalue weighted by molar-refractivity contribution is -0.117. The van der Waals surface area contributed by atoms with Crippen LogP contribution in [-0.4, -0.2) is 48.3 Å². The maximum atomic E-state index is 12.4. The summed E-state index contributed by atoms with van der Waals surface area (Å²) in [6.07, 6.45) is 4.16. The first kappa shape index (κ1) is 20.6. The zero-order chi connectivity index (χ0) is 19.6. The number of primary amides is 1. The average Bonchev–Trinajstić information content (AvgIpc) is 3.03. The minimum Gasteiger partial charge on any atom is -0.369 e. The molecule has 1 aromatic carbocycles. The Hall–Kier alpha value is -1.09. The molecule has 0 bridgehead atoms. The lowest BCUT2D eigenvalue weighted by Gasteiger charge is -2.31. The van der Waals surface area contributed by atoms with E-state index in [9.17, 15) is 13.2 Å². The van der Waals surface area contributed by atoms with Crippen molar-refractivity contribution < 1.29 is 13.2 Å². The summed E-state index contributed by atoms with van der Waals surface area (Å²) >= 11 is 9.14. The normalized spacial score (nSPS) is 16.8. The maximum absolute atomic E-state index is 12.4. The number of aromatic amines is 1. The van der Waals surface area contributed by atoms with Crippen LogP contribution >= 0.6 is 27.5 Å². The number of H-pyrrole nitrogens is 1. The molecule has 1 amide bonds. The van der Waals surface area contributed by atoms with E-state index in [-0.39, 0.29) is 24.0 Å². The van der Waals surface area contributed by atoms with Gasteiger partial charge in [0.1, 0.15) is 0 Å². The number of alkyl halides is 1. The first-order valence-electron chi connectivity index (χ1n) is 8.93. The number of nitrogens with one attached hydrogen (secondary N) is 1. The number of aromatic nitrogens is 1. The van der Waals surface area contributed by atoms with Gasteiger partial charge in [0.2, 0.25) is 15.9 Å². The van der Waals surface area contributed by atoms with Crippen LogP contribution in [0, 0.1) is 0 Å². The number of hydrogen-bond donors (Lipinski definition) is 2. The van der Waals surface area contributed by atoms with E-state index in [0.717, 1.165) is 39.3 Å². The summed E-state index contributed by atoms with van der Waals surface area (Å²) < 4.78 is 27.2. The van der Waals surface area contributed by atoms with E-state index in [1.54, 1.807) is 4.31 Å². The molecule has 2 heterocycles. The smallest absolute Gasteiger partial charge is 0.221 e. The van der Waals surface area contributed by atoms with Gasteiger partial charge in [-0.2, -0.15) is 0 Å². The van der Waals surface area contributed by atoms with Gasteiger partial charge in [0.05, 0.1) is 12.2 Å². The van der Waals surface area contributed by atoms with E-state index in [4.69, 9.17) is 17.3 Å². The summed E-state index contributed by atoms with van der Waals surface area (Å²) in [5, 5.41) is 1.06. The summed E-state index contributed by atoms with van der Waals surface area (Å²) in [5.74, 6) is 0.362. The molecular formula is C18H23BrClN3O3S. The molecule has 27 heavy (non-hydrogen) atoms. The molecular weight excluding hydrogens is 454 g/mol. The van der Waals surface area contributed by atoms with E-state index in [2.05, 4.69) is 20.9 Å². The van der Waals surface area contributed by atoms with Gasteiger partial charge in [0.25, 0.3) is 0 Å². The second kappa shape index (κ2) is 8.51. The lowest BCUT2D eigenvalue weighted by atomic mass is 9.89. The lowest BCUT2D eigenvalue weighted by Crippen LogP contribution is -2.39. The number of hydrogen-bond acceptors (Lipinski definition) is 3. The quantitative estimate of drug-likeness (QED) is 0.601. The van der Waals surface area contributed by atoms with Crippen LogP contribution in [0.2, 0.25) is 0 Å². The van der Waals surface area contributed by atoms with Crippen molar-refractivity contribution >= 4 is 54.4 Å². The molecule has 148 valence electrons. The predicted molar refractivity (Wildman–Crippen MR) is 112 cm³/mol. The van der Waals surface area contributed by atoms with Gasteiger partial charge in [-0.3, -0.25) is 4.79 Å². The van der Waals surface area contributed by atoms with Crippen LogP contribution in [0.1, 0.15) is 36.3 Å². The second-order valence-electron chi connectivity index (χ2n) is 6.91. The highest BCUT2D eigenvalue weighted by Crippen LogP contribution is 2.36. The summed E-state index contributed by atoms with van der Waals surface area (Å²) in [6.45, 7) is 1.04. The zero-order valence-electron chi connectivity index (χ0n) is 14.9. The molecule has 1 saturated heterocycles. The van der Waals surface area contributed by atoms with Gasteiger partial charge in [-0.25, -0.2) is 12.7 Å². The first-order valence-corrected chi connectivity index (χ1v) is 11.9. The number of fused-ring (bicyclic) bond motifs is 1. The summed E-state index contributed by atoms with van der Waals surface area (Å²) in [7, 11) is -3.22. The van der Waals surface area contributed by atoms with Crippen molar-refractivity contribution in [3.05, 3.63) is 33.9 Å². The third kappa shape index (κ3) is 4.67.